The molecule has 0 radical (unpaired) electrons. The SMILES string of the molecule is CC(C)C[C@H](NC(=O)[C@H](CCCN=C(N)N)NC(=O)[C@H](CCC(N)=O)NC(=O)[C@@H](NC(=O)[C@H](C)NC(=O)[C@@H]1CSSC[C@H](NC(=O)[C@@H](N)CCCCN)C(=O)N[C@@H](CC(N)=O)C(=O)N[C@@H]([C@@H](C)O)C(=O)N[C@@H](C)C(=O)N[C@@H]([C@@H](C)O)C(=O)N1)[C@@H](C)O)C(=O)N[C@@H](C)C(=O)O. The number of carboxylic acid groups (broad SMARTS) is 1. The number of hydrogen-bond donors (Lipinski definition) is 22. The van der Waals surface area contributed by atoms with Gasteiger partial charge in [0.2, 0.25) is 82.7 Å². The highest BCUT2D eigenvalue weighted by molar-refractivity contribution is 8.76. The molecule has 14 amide bonds. The van der Waals surface area contributed by atoms with Gasteiger partial charge in [0.1, 0.15) is 72.5 Å². The Labute approximate surface area is 550 Å². The minimum absolute atomic E-state index is 0.0103. The first-order valence-corrected chi connectivity index (χ1v) is 32.5. The monoisotopic (exact) mass is 1380 g/mol. The van der Waals surface area contributed by atoms with E-state index in [9.17, 15) is 92.3 Å². The predicted molar refractivity (Wildman–Crippen MR) is 340 cm³/mol. The molecule has 0 bridgehead atoms. The van der Waals surface area contributed by atoms with Crippen molar-refractivity contribution in [3.63, 3.8) is 0 Å². The Hall–Kier alpha value is -8.18. The van der Waals surface area contributed by atoms with Crippen LogP contribution in [0.4, 0.5) is 0 Å². The number of nitrogens with zero attached hydrogens (tertiary/aromatic N) is 1. The highest BCUT2D eigenvalue weighted by atomic mass is 33.1. The van der Waals surface area contributed by atoms with Crippen LogP contribution in [0.1, 0.15) is 113 Å². The van der Waals surface area contributed by atoms with E-state index in [-0.39, 0.29) is 50.7 Å². The Kier molecular flexibility index (Phi) is 37.6. The number of guanidine groups is 1. The van der Waals surface area contributed by atoms with Gasteiger partial charge >= 0.3 is 5.97 Å². The summed E-state index contributed by atoms with van der Waals surface area (Å²) in [4.78, 5) is 205. The molecule has 16 atom stereocenters. The first-order chi connectivity index (χ1) is 43.8. The fourth-order valence-electron chi connectivity index (χ4n) is 8.45. The van der Waals surface area contributed by atoms with Crippen LogP contribution in [0.5, 0.6) is 0 Å². The van der Waals surface area contributed by atoms with Gasteiger partial charge in [-0.3, -0.25) is 76.9 Å². The zero-order chi connectivity index (χ0) is 71.9. The number of aliphatic hydroxyl groups excluding tert-OH is 3. The molecule has 1 fully saturated rings. The van der Waals surface area contributed by atoms with E-state index in [4.69, 9.17) is 34.4 Å². The van der Waals surface area contributed by atoms with Crippen LogP contribution in [0.2, 0.25) is 0 Å². The molecule has 38 nitrogen and oxygen atoms in total. The summed E-state index contributed by atoms with van der Waals surface area (Å²) in [5, 5.41) is 69.6. The minimum Gasteiger partial charge on any atom is -0.480 e. The molecule has 1 rings (SSSR count). The first-order valence-electron chi connectivity index (χ1n) is 30.0. The lowest BCUT2D eigenvalue weighted by molar-refractivity contribution is -0.142. The number of aliphatic carboxylic acids is 1. The van der Waals surface area contributed by atoms with Crippen molar-refractivity contribution in [3.05, 3.63) is 0 Å². The molecular weight excluding hydrogens is 1280 g/mol. The maximum atomic E-state index is 14.3. The quantitative estimate of drug-likeness (QED) is 0.0126. The van der Waals surface area contributed by atoms with Crippen LogP contribution in [0.15, 0.2) is 4.99 Å². The van der Waals surface area contributed by atoms with Crippen LogP contribution in [0.3, 0.4) is 0 Å². The van der Waals surface area contributed by atoms with E-state index >= 15 is 0 Å². The normalized spacial score (nSPS) is 21.7. The highest BCUT2D eigenvalue weighted by Gasteiger charge is 2.39. The maximum Gasteiger partial charge on any atom is 0.325 e. The molecule has 1 aliphatic heterocycles. The molecule has 0 spiro atoms. The van der Waals surface area contributed by atoms with Gasteiger partial charge in [-0.1, -0.05) is 41.9 Å². The third kappa shape index (κ3) is 31.2. The molecule has 0 aliphatic carbocycles. The summed E-state index contributed by atoms with van der Waals surface area (Å²) in [6.07, 6.45) is -6.28. The van der Waals surface area contributed by atoms with Crippen LogP contribution in [0, 0.1) is 5.92 Å². The van der Waals surface area contributed by atoms with Crippen molar-refractivity contribution < 1.29 is 92.3 Å². The van der Waals surface area contributed by atoms with E-state index in [1.54, 1.807) is 13.8 Å². The Morgan fingerprint density at radius 2 is 1.12 bits per heavy atom. The van der Waals surface area contributed by atoms with E-state index < -0.39 is 216 Å². The first kappa shape index (κ1) is 83.8. The third-order valence-electron chi connectivity index (χ3n) is 13.8. The summed E-state index contributed by atoms with van der Waals surface area (Å²) in [6, 6.07) is -21.3. The van der Waals surface area contributed by atoms with Crippen molar-refractivity contribution in [1.29, 1.82) is 0 Å². The summed E-state index contributed by atoms with van der Waals surface area (Å²) in [7, 11) is 1.57. The number of carboxylic acids is 1. The Morgan fingerprint density at radius 3 is 1.65 bits per heavy atom. The van der Waals surface area contributed by atoms with Gasteiger partial charge in [-0.2, -0.15) is 0 Å². The van der Waals surface area contributed by atoms with Crippen molar-refractivity contribution in [2.24, 2.45) is 45.3 Å². The molecule has 94 heavy (non-hydrogen) atoms. The zero-order valence-corrected chi connectivity index (χ0v) is 55.3. The number of rotatable bonds is 33. The van der Waals surface area contributed by atoms with Crippen LogP contribution in [0.25, 0.3) is 0 Å². The molecule has 1 saturated heterocycles. The standard InChI is InChI=1S/C54H95N19O19S2/c1-22(2)18-32(46(84)64-25(5)53(91)92)67-44(82)30(13-11-17-61-54(59)60)65-45(83)31(14-15-36(57)77)66-51(89)39(27(7)75)71-41(79)23(3)62-48(86)34-20-93-94-21-35(69-43(81)29(56)12-9-10-16-55)49(87)68-33(19-37(58)78)47(85)73-38(26(6)74)50(88)63-24(4)42(80)72-40(28(8)76)52(90)70-34/h22-35,38-40,74-76H,9-21,55-56H2,1-8H3,(H2,57,77)(H2,58,78)(H,62,86)(H,63,88)(H,64,84)(H,65,83)(H,66,89)(H,67,82)(H,68,87)(H,69,81)(H,70,90)(H,71,79)(H,72,80)(H,73,85)(H,91,92)(H4,59,60,61)/t23-,24-,25-,26+,27+,28+,29-,30-,31-,32-,33-,34-,35-,38-,39-,40-/m0/s1. The number of amides is 14. The molecule has 40 heteroatoms. The minimum atomic E-state index is -1.96. The molecule has 1 aliphatic rings. The summed E-state index contributed by atoms with van der Waals surface area (Å²) in [5.41, 5.74) is 33.4. The summed E-state index contributed by atoms with van der Waals surface area (Å²) < 4.78 is 0. The van der Waals surface area contributed by atoms with Crippen LogP contribution < -0.4 is 98.2 Å². The molecule has 0 unspecified atom stereocenters. The molecule has 0 aromatic rings. The van der Waals surface area contributed by atoms with Gasteiger partial charge in [0, 0.05) is 24.5 Å². The topological polar surface area (TPSA) is 650 Å². The number of nitrogens with two attached hydrogens (primary N) is 6. The zero-order valence-electron chi connectivity index (χ0n) is 53.6. The largest absolute Gasteiger partial charge is 0.480 e. The number of unbranched alkanes of at least 4 members (excludes halogenated alkanes) is 1. The lowest BCUT2D eigenvalue weighted by Gasteiger charge is -2.29. The maximum absolute atomic E-state index is 14.3. The number of aliphatic imine (C=N–C) groups is 1. The van der Waals surface area contributed by atoms with E-state index in [0.717, 1.165) is 56.2 Å². The van der Waals surface area contributed by atoms with Gasteiger partial charge in [-0.25, -0.2) is 0 Å². The molecule has 0 aromatic carbocycles. The predicted octanol–water partition coefficient (Wildman–Crippen LogP) is -9.82. The van der Waals surface area contributed by atoms with Gasteiger partial charge in [0.05, 0.1) is 30.8 Å². The molecule has 0 aromatic heterocycles. The molecule has 1 heterocycles. The Morgan fingerprint density at radius 1 is 0.574 bits per heavy atom. The molecule has 28 N–H and O–H groups in total. The number of carbonyl (C=O) groups excluding carboxylic acids is 14. The molecule has 532 valence electrons. The molecule has 0 saturated carbocycles. The van der Waals surface area contributed by atoms with Crippen LogP contribution in [-0.2, 0) is 71.9 Å². The van der Waals surface area contributed by atoms with Crippen molar-refractivity contribution in [2.45, 2.75) is 210 Å². The fraction of sp³-hybridized carbons (Fsp3) is 0.704. The van der Waals surface area contributed by atoms with E-state index in [2.05, 4.69) is 68.8 Å². The highest BCUT2D eigenvalue weighted by Crippen LogP contribution is 2.24. The average molecular weight is 1380 g/mol. The van der Waals surface area contributed by atoms with Crippen molar-refractivity contribution in [3.8, 4) is 0 Å². The second-order valence-corrected chi connectivity index (χ2v) is 25.3. The number of aliphatic hydroxyl groups is 3. The van der Waals surface area contributed by atoms with Crippen molar-refractivity contribution in [2.75, 3.05) is 24.6 Å². The van der Waals surface area contributed by atoms with E-state index in [1.165, 1.54) is 6.92 Å². The third-order valence-corrected chi connectivity index (χ3v) is 16.2. The summed E-state index contributed by atoms with van der Waals surface area (Å²) >= 11 is 0. The van der Waals surface area contributed by atoms with Crippen LogP contribution in [-0.4, -0.2) is 237 Å². The van der Waals surface area contributed by atoms with Gasteiger partial charge in [0.15, 0.2) is 5.96 Å². The number of carbonyl (C=O) groups is 15. The van der Waals surface area contributed by atoms with Gasteiger partial charge in [0.25, 0.3) is 0 Å². The fourth-order valence-corrected chi connectivity index (χ4v) is 10.8. The second-order valence-electron chi connectivity index (χ2n) is 22.8. The smallest absolute Gasteiger partial charge is 0.325 e. The summed E-state index contributed by atoms with van der Waals surface area (Å²) in [6.45, 7) is 10.3. The van der Waals surface area contributed by atoms with Gasteiger partial charge < -0.3 is 119 Å². The van der Waals surface area contributed by atoms with E-state index in [1.807, 2.05) is 0 Å². The lowest BCUT2D eigenvalue weighted by Crippen LogP contribution is -2.63. The Bertz CT molecular complexity index is 2690. The van der Waals surface area contributed by atoms with E-state index in [0.29, 0.717) is 12.8 Å². The van der Waals surface area contributed by atoms with Gasteiger partial charge in [-0.05, 0) is 92.5 Å². The summed E-state index contributed by atoms with van der Waals surface area (Å²) in [5.74, 6) is -18.1. The second kappa shape index (κ2) is 42.2. The van der Waals surface area contributed by atoms with Crippen molar-refractivity contribution in [1.82, 2.24) is 63.8 Å². The van der Waals surface area contributed by atoms with Crippen LogP contribution >= 0.6 is 21.6 Å². The number of nitrogens with one attached hydrogen (secondary N) is 12. The molecular formula is C54H95N19O19S2. The number of primary amides is 2. The van der Waals surface area contributed by atoms with Crippen molar-refractivity contribution >= 4 is 116 Å². The average Bonchev–Trinajstić information content (AvgIpc) is 0.888. The number of hydrogen-bond acceptors (Lipinski definition) is 23. The lowest BCUT2D eigenvalue weighted by atomic mass is 10.0. The Balaban J connectivity index is 3.76. The van der Waals surface area contributed by atoms with Gasteiger partial charge in [-0.15, -0.1) is 0 Å².